The predicted octanol–water partition coefficient (Wildman–Crippen LogP) is 2.42. The van der Waals surface area contributed by atoms with Crippen LogP contribution in [0.2, 0.25) is 0 Å². The van der Waals surface area contributed by atoms with Crippen LogP contribution in [-0.4, -0.2) is 18.9 Å². The zero-order chi connectivity index (χ0) is 16.4. The van der Waals surface area contributed by atoms with Gasteiger partial charge in [0.1, 0.15) is 11.8 Å². The molecule has 1 heterocycles. The minimum absolute atomic E-state index is 0.132. The Balaban J connectivity index is 1.99. The van der Waals surface area contributed by atoms with Crippen molar-refractivity contribution in [2.24, 2.45) is 0 Å². The van der Waals surface area contributed by atoms with Crippen molar-refractivity contribution in [2.75, 3.05) is 12.0 Å². The van der Waals surface area contributed by atoms with E-state index in [9.17, 15) is 9.59 Å². The predicted molar refractivity (Wildman–Crippen MR) is 87.2 cm³/mol. The van der Waals surface area contributed by atoms with E-state index in [1.54, 1.807) is 18.1 Å². The van der Waals surface area contributed by atoms with Crippen molar-refractivity contribution in [1.29, 1.82) is 0 Å². The standard InChI is InChI=1S/C18H18N2O3/c1-12(21)19-17-15-10-14(23-2)8-9-16(15)20(18(17)22)11-13-6-4-3-5-7-13/h3-10,17H,11H2,1-2H3,(H,19,21)/t17-/m1/s1. The van der Waals surface area contributed by atoms with Gasteiger partial charge in [-0.05, 0) is 23.8 Å². The second kappa shape index (κ2) is 6.12. The van der Waals surface area contributed by atoms with Gasteiger partial charge >= 0.3 is 0 Å². The Morgan fingerprint density at radius 3 is 2.61 bits per heavy atom. The maximum absolute atomic E-state index is 12.8. The van der Waals surface area contributed by atoms with Gasteiger partial charge in [0.15, 0.2) is 0 Å². The third-order valence-corrected chi connectivity index (χ3v) is 3.88. The number of anilines is 1. The topological polar surface area (TPSA) is 58.6 Å². The molecule has 3 rings (SSSR count). The van der Waals surface area contributed by atoms with E-state index in [2.05, 4.69) is 5.32 Å². The van der Waals surface area contributed by atoms with E-state index in [-0.39, 0.29) is 11.8 Å². The van der Waals surface area contributed by atoms with Gasteiger partial charge in [0.25, 0.3) is 5.91 Å². The van der Waals surface area contributed by atoms with Crippen LogP contribution < -0.4 is 15.0 Å². The Hall–Kier alpha value is -2.82. The molecule has 0 bridgehead atoms. The molecular formula is C18H18N2O3. The molecule has 2 aromatic carbocycles. The lowest BCUT2D eigenvalue weighted by molar-refractivity contribution is -0.126. The molecule has 0 aromatic heterocycles. The van der Waals surface area contributed by atoms with Gasteiger partial charge in [0.2, 0.25) is 5.91 Å². The third kappa shape index (κ3) is 2.90. The smallest absolute Gasteiger partial charge is 0.254 e. The summed E-state index contributed by atoms with van der Waals surface area (Å²) in [5.41, 5.74) is 2.60. The SMILES string of the molecule is COc1ccc2c(c1)[C@@H](NC(C)=O)C(=O)N2Cc1ccccc1. The summed E-state index contributed by atoms with van der Waals surface area (Å²) in [6.07, 6.45) is 0. The van der Waals surface area contributed by atoms with Crippen molar-refractivity contribution in [2.45, 2.75) is 19.5 Å². The Morgan fingerprint density at radius 1 is 1.22 bits per heavy atom. The monoisotopic (exact) mass is 310 g/mol. The molecule has 0 aliphatic carbocycles. The molecule has 1 atom stereocenters. The summed E-state index contributed by atoms with van der Waals surface area (Å²) in [7, 11) is 1.58. The summed E-state index contributed by atoms with van der Waals surface area (Å²) >= 11 is 0. The Bertz CT molecular complexity index is 743. The van der Waals surface area contributed by atoms with Crippen molar-refractivity contribution in [3.05, 3.63) is 59.7 Å². The number of amides is 2. The highest BCUT2D eigenvalue weighted by Crippen LogP contribution is 2.39. The van der Waals surface area contributed by atoms with Gasteiger partial charge in [-0.1, -0.05) is 30.3 Å². The maximum atomic E-state index is 12.8. The number of benzene rings is 2. The van der Waals surface area contributed by atoms with Gasteiger partial charge in [-0.3, -0.25) is 9.59 Å². The first kappa shape index (κ1) is 15.1. The highest BCUT2D eigenvalue weighted by atomic mass is 16.5. The van der Waals surface area contributed by atoms with Gasteiger partial charge in [0, 0.05) is 12.5 Å². The minimum Gasteiger partial charge on any atom is -0.497 e. The number of nitrogens with one attached hydrogen (secondary N) is 1. The molecule has 0 radical (unpaired) electrons. The summed E-state index contributed by atoms with van der Waals surface area (Å²) in [5, 5.41) is 2.73. The number of methoxy groups -OCH3 is 1. The number of hydrogen-bond donors (Lipinski definition) is 1. The molecule has 5 nitrogen and oxygen atoms in total. The van der Waals surface area contributed by atoms with Crippen molar-refractivity contribution >= 4 is 17.5 Å². The van der Waals surface area contributed by atoms with Crippen LogP contribution in [0.25, 0.3) is 0 Å². The van der Waals surface area contributed by atoms with E-state index in [1.165, 1.54) is 6.92 Å². The number of nitrogens with zero attached hydrogens (tertiary/aromatic N) is 1. The molecule has 0 fully saturated rings. The Labute approximate surface area is 134 Å². The van der Waals surface area contributed by atoms with Crippen molar-refractivity contribution in [3.63, 3.8) is 0 Å². The van der Waals surface area contributed by atoms with Crippen LogP contribution in [0.15, 0.2) is 48.5 Å². The van der Waals surface area contributed by atoms with E-state index >= 15 is 0 Å². The van der Waals surface area contributed by atoms with Gasteiger partial charge < -0.3 is 15.0 Å². The lowest BCUT2D eigenvalue weighted by Crippen LogP contribution is -2.36. The number of hydrogen-bond acceptors (Lipinski definition) is 3. The van der Waals surface area contributed by atoms with E-state index < -0.39 is 6.04 Å². The van der Waals surface area contributed by atoms with Crippen LogP contribution in [0, 0.1) is 0 Å². The van der Waals surface area contributed by atoms with Gasteiger partial charge in [0.05, 0.1) is 19.3 Å². The molecule has 5 heteroatoms. The lowest BCUT2D eigenvalue weighted by atomic mass is 10.1. The molecule has 0 unspecified atom stereocenters. The average Bonchev–Trinajstić information content (AvgIpc) is 2.80. The quantitative estimate of drug-likeness (QED) is 0.943. The van der Waals surface area contributed by atoms with Crippen LogP contribution in [0.3, 0.4) is 0 Å². The first-order valence-electron chi connectivity index (χ1n) is 7.40. The number of rotatable bonds is 4. The summed E-state index contributed by atoms with van der Waals surface area (Å²) in [6.45, 7) is 1.88. The van der Waals surface area contributed by atoms with E-state index in [1.807, 2.05) is 42.5 Å². The van der Waals surface area contributed by atoms with Crippen LogP contribution in [0.1, 0.15) is 24.1 Å². The fourth-order valence-electron chi connectivity index (χ4n) is 2.82. The fourth-order valence-corrected chi connectivity index (χ4v) is 2.82. The minimum atomic E-state index is -0.665. The summed E-state index contributed by atoms with van der Waals surface area (Å²) < 4.78 is 5.24. The number of fused-ring (bicyclic) bond motifs is 1. The van der Waals surface area contributed by atoms with Crippen molar-refractivity contribution in [3.8, 4) is 5.75 Å². The Kier molecular flexibility index (Phi) is 4.02. The number of carbonyl (C=O) groups excluding carboxylic acids is 2. The van der Waals surface area contributed by atoms with Crippen LogP contribution >= 0.6 is 0 Å². The molecule has 0 spiro atoms. The van der Waals surface area contributed by atoms with Crippen LogP contribution in [0.4, 0.5) is 5.69 Å². The zero-order valence-electron chi connectivity index (χ0n) is 13.1. The normalized spacial score (nSPS) is 16.2. The van der Waals surface area contributed by atoms with E-state index in [0.717, 1.165) is 16.8 Å². The molecule has 0 saturated heterocycles. The Morgan fingerprint density at radius 2 is 1.96 bits per heavy atom. The summed E-state index contributed by atoms with van der Waals surface area (Å²) in [5.74, 6) is 0.291. The molecular weight excluding hydrogens is 292 g/mol. The highest BCUT2D eigenvalue weighted by Gasteiger charge is 2.38. The fraction of sp³-hybridized carbons (Fsp3) is 0.222. The second-order valence-electron chi connectivity index (χ2n) is 5.47. The maximum Gasteiger partial charge on any atom is 0.254 e. The third-order valence-electron chi connectivity index (χ3n) is 3.88. The molecule has 23 heavy (non-hydrogen) atoms. The van der Waals surface area contributed by atoms with Crippen molar-refractivity contribution < 1.29 is 14.3 Å². The van der Waals surface area contributed by atoms with Crippen LogP contribution in [0.5, 0.6) is 5.75 Å². The molecule has 118 valence electrons. The first-order chi connectivity index (χ1) is 11.1. The largest absolute Gasteiger partial charge is 0.497 e. The van der Waals surface area contributed by atoms with Crippen molar-refractivity contribution in [1.82, 2.24) is 5.32 Å². The van der Waals surface area contributed by atoms with Gasteiger partial charge in [-0.15, -0.1) is 0 Å². The summed E-state index contributed by atoms with van der Waals surface area (Å²) in [6, 6.07) is 14.6. The molecule has 1 N–H and O–H groups in total. The first-order valence-corrected chi connectivity index (χ1v) is 7.40. The van der Waals surface area contributed by atoms with E-state index in [4.69, 9.17) is 4.74 Å². The second-order valence-corrected chi connectivity index (χ2v) is 5.47. The van der Waals surface area contributed by atoms with Gasteiger partial charge in [-0.25, -0.2) is 0 Å². The number of carbonyl (C=O) groups is 2. The molecule has 1 aliphatic heterocycles. The lowest BCUT2D eigenvalue weighted by Gasteiger charge is -2.18. The van der Waals surface area contributed by atoms with E-state index in [0.29, 0.717) is 12.3 Å². The summed E-state index contributed by atoms with van der Waals surface area (Å²) in [4.78, 5) is 25.9. The number of ether oxygens (including phenoxy) is 1. The molecule has 0 saturated carbocycles. The highest BCUT2D eigenvalue weighted by molar-refractivity contribution is 6.06. The molecule has 1 aliphatic rings. The zero-order valence-corrected chi connectivity index (χ0v) is 13.1. The van der Waals surface area contributed by atoms with Gasteiger partial charge in [-0.2, -0.15) is 0 Å². The molecule has 2 aromatic rings. The average molecular weight is 310 g/mol. The molecule has 2 amide bonds. The van der Waals surface area contributed by atoms with Crippen LogP contribution in [-0.2, 0) is 16.1 Å².